The molecule has 4 rings (SSSR count). The van der Waals surface area contributed by atoms with Gasteiger partial charge in [-0.25, -0.2) is 9.37 Å². The summed E-state index contributed by atoms with van der Waals surface area (Å²) in [6.07, 6.45) is 1.54. The van der Waals surface area contributed by atoms with Gasteiger partial charge in [-0.1, -0.05) is 32.0 Å². The molecule has 0 spiro atoms. The quantitative estimate of drug-likeness (QED) is 0.296. The lowest BCUT2D eigenvalue weighted by atomic mass is 10.1. The minimum atomic E-state index is -0.699. The number of benzene rings is 2. The van der Waals surface area contributed by atoms with Crippen molar-refractivity contribution < 1.29 is 28.0 Å². The Kier molecular flexibility index (Phi) is 7.98. The van der Waals surface area contributed by atoms with Crippen molar-refractivity contribution >= 4 is 5.91 Å². The van der Waals surface area contributed by atoms with E-state index < -0.39 is 23.9 Å². The minimum Gasteiger partial charge on any atom is -0.481 e. The number of oxazole rings is 1. The van der Waals surface area contributed by atoms with Crippen LogP contribution in [0.15, 0.2) is 57.7 Å². The molecule has 2 atom stereocenters. The Morgan fingerprint density at radius 2 is 1.81 bits per heavy atom. The number of hydrogen-bond acceptors (Lipinski definition) is 8. The molecule has 10 heteroatoms. The molecule has 2 heterocycles. The molecule has 2 aromatic heterocycles. The number of rotatable bonds is 10. The second kappa shape index (κ2) is 11.3. The maximum atomic E-state index is 14.6. The molecule has 0 saturated carbocycles. The van der Waals surface area contributed by atoms with E-state index >= 15 is 0 Å². The van der Waals surface area contributed by atoms with Crippen LogP contribution < -0.4 is 10.1 Å². The molecule has 0 bridgehead atoms. The van der Waals surface area contributed by atoms with Gasteiger partial charge in [0.1, 0.15) is 23.5 Å². The molecule has 0 aliphatic heterocycles. The van der Waals surface area contributed by atoms with E-state index in [4.69, 9.17) is 18.8 Å². The standard InChI is InChI=1S/C27H29FN4O5/c1-5-23(36-19-9-6-17(7-10-19)24-31-26(15(2)3)37-32-24)27-30-22(14-35-27)18-8-11-20(21(28)12-18)25(34)29-16(4)13-33/h6-12,14-16,23,33H,5,13H2,1-4H3,(H,29,34)/t16-,23?/m0/s1. The molecule has 9 nitrogen and oxygen atoms in total. The van der Waals surface area contributed by atoms with Gasteiger partial charge < -0.3 is 24.1 Å². The lowest BCUT2D eigenvalue weighted by Gasteiger charge is -2.14. The molecule has 0 aliphatic carbocycles. The van der Waals surface area contributed by atoms with Gasteiger partial charge in [-0.3, -0.25) is 4.79 Å². The topological polar surface area (TPSA) is 124 Å². The van der Waals surface area contributed by atoms with Crippen LogP contribution in [0.4, 0.5) is 4.39 Å². The second-order valence-corrected chi connectivity index (χ2v) is 8.97. The summed E-state index contributed by atoms with van der Waals surface area (Å²) in [5.41, 5.74) is 1.56. The zero-order chi connectivity index (χ0) is 26.5. The van der Waals surface area contributed by atoms with E-state index in [1.165, 1.54) is 18.4 Å². The van der Waals surface area contributed by atoms with Gasteiger partial charge >= 0.3 is 0 Å². The zero-order valence-electron chi connectivity index (χ0n) is 21.1. The third kappa shape index (κ3) is 6.03. The van der Waals surface area contributed by atoms with Gasteiger partial charge in [-0.15, -0.1) is 0 Å². The van der Waals surface area contributed by atoms with Crippen LogP contribution in [-0.2, 0) is 0 Å². The van der Waals surface area contributed by atoms with E-state index in [1.54, 1.807) is 13.0 Å². The first-order valence-corrected chi connectivity index (χ1v) is 12.1. The van der Waals surface area contributed by atoms with E-state index in [2.05, 4.69) is 20.4 Å². The van der Waals surface area contributed by atoms with E-state index in [9.17, 15) is 9.18 Å². The molecule has 37 heavy (non-hydrogen) atoms. The molecule has 0 aliphatic rings. The summed E-state index contributed by atoms with van der Waals surface area (Å²) in [6.45, 7) is 7.29. The van der Waals surface area contributed by atoms with E-state index in [1.807, 2.05) is 45.0 Å². The van der Waals surface area contributed by atoms with Crippen LogP contribution >= 0.6 is 0 Å². The Hall–Kier alpha value is -4.05. The maximum absolute atomic E-state index is 14.6. The number of nitrogens with zero attached hydrogens (tertiary/aromatic N) is 3. The molecule has 1 amide bonds. The van der Waals surface area contributed by atoms with Crippen molar-refractivity contribution in [3.8, 4) is 28.4 Å². The predicted octanol–water partition coefficient (Wildman–Crippen LogP) is 5.29. The highest BCUT2D eigenvalue weighted by Crippen LogP contribution is 2.29. The number of ether oxygens (including phenoxy) is 1. The first-order valence-electron chi connectivity index (χ1n) is 12.1. The van der Waals surface area contributed by atoms with Gasteiger partial charge in [0.2, 0.25) is 17.6 Å². The summed E-state index contributed by atoms with van der Waals surface area (Å²) in [5, 5.41) is 15.6. The number of hydrogen-bond donors (Lipinski definition) is 2. The van der Waals surface area contributed by atoms with Crippen molar-refractivity contribution in [3.05, 3.63) is 71.9 Å². The highest BCUT2D eigenvalue weighted by Gasteiger charge is 2.20. The highest BCUT2D eigenvalue weighted by atomic mass is 19.1. The van der Waals surface area contributed by atoms with Crippen molar-refractivity contribution in [2.24, 2.45) is 0 Å². The molecule has 194 valence electrons. The number of nitrogens with one attached hydrogen (secondary N) is 1. The molecule has 4 aromatic rings. The number of aliphatic hydroxyl groups is 1. The fraction of sp³-hybridized carbons (Fsp3) is 0.333. The highest BCUT2D eigenvalue weighted by molar-refractivity contribution is 5.95. The smallest absolute Gasteiger partial charge is 0.254 e. The van der Waals surface area contributed by atoms with Crippen LogP contribution in [0.25, 0.3) is 22.6 Å². The number of halogens is 1. The lowest BCUT2D eigenvalue weighted by molar-refractivity contribution is 0.0918. The molecule has 0 saturated heterocycles. The van der Waals surface area contributed by atoms with E-state index in [0.29, 0.717) is 41.0 Å². The maximum Gasteiger partial charge on any atom is 0.254 e. The Labute approximate surface area is 213 Å². The van der Waals surface area contributed by atoms with Crippen LogP contribution in [0.1, 0.15) is 68.3 Å². The largest absolute Gasteiger partial charge is 0.481 e. The molecule has 1 unspecified atom stereocenters. The fourth-order valence-electron chi connectivity index (χ4n) is 3.52. The van der Waals surface area contributed by atoms with Crippen molar-refractivity contribution in [3.63, 3.8) is 0 Å². The molecule has 2 N–H and O–H groups in total. The van der Waals surface area contributed by atoms with Crippen molar-refractivity contribution in [2.75, 3.05) is 6.61 Å². The molecular weight excluding hydrogens is 479 g/mol. The van der Waals surface area contributed by atoms with Crippen molar-refractivity contribution in [1.82, 2.24) is 20.4 Å². The third-order valence-electron chi connectivity index (χ3n) is 5.66. The van der Waals surface area contributed by atoms with Crippen LogP contribution in [0, 0.1) is 5.82 Å². The lowest BCUT2D eigenvalue weighted by Crippen LogP contribution is -2.35. The Morgan fingerprint density at radius 1 is 1.08 bits per heavy atom. The van der Waals surface area contributed by atoms with Crippen LogP contribution in [0.2, 0.25) is 0 Å². The van der Waals surface area contributed by atoms with Crippen LogP contribution in [0.3, 0.4) is 0 Å². The molecule has 0 radical (unpaired) electrons. The molecular formula is C27H29FN4O5. The Bertz CT molecular complexity index is 1350. The van der Waals surface area contributed by atoms with Gasteiger partial charge in [-0.05, 0) is 49.7 Å². The number of amides is 1. The SMILES string of the molecule is CCC(Oc1ccc(-c2noc(C(C)C)n2)cc1)c1nc(-c2ccc(C(=O)N[C@@H](C)CO)c(F)c2)co1. The zero-order valence-corrected chi connectivity index (χ0v) is 21.1. The van der Waals surface area contributed by atoms with Gasteiger partial charge in [0, 0.05) is 23.1 Å². The molecule has 0 fully saturated rings. The van der Waals surface area contributed by atoms with Gasteiger partial charge in [0.05, 0.1) is 12.2 Å². The summed E-state index contributed by atoms with van der Waals surface area (Å²) in [5.74, 6) is 0.899. The minimum absolute atomic E-state index is 0.118. The van der Waals surface area contributed by atoms with Crippen molar-refractivity contribution in [2.45, 2.75) is 52.2 Å². The second-order valence-electron chi connectivity index (χ2n) is 8.97. The fourth-order valence-corrected chi connectivity index (χ4v) is 3.52. The average molecular weight is 509 g/mol. The third-order valence-corrected chi connectivity index (χ3v) is 5.66. The van der Waals surface area contributed by atoms with Crippen LogP contribution in [0.5, 0.6) is 5.75 Å². The number of carbonyl (C=O) groups is 1. The summed E-state index contributed by atoms with van der Waals surface area (Å²) in [7, 11) is 0. The predicted molar refractivity (Wildman–Crippen MR) is 133 cm³/mol. The Balaban J connectivity index is 1.45. The number of carbonyl (C=O) groups excluding carboxylic acids is 1. The molecule has 2 aromatic carbocycles. The summed E-state index contributed by atoms with van der Waals surface area (Å²) in [6, 6.07) is 11.0. The number of aromatic nitrogens is 3. The Morgan fingerprint density at radius 3 is 2.43 bits per heavy atom. The number of aliphatic hydroxyl groups excluding tert-OH is 1. The summed E-state index contributed by atoms with van der Waals surface area (Å²) >= 11 is 0. The monoisotopic (exact) mass is 508 g/mol. The van der Waals surface area contributed by atoms with Crippen LogP contribution in [-0.4, -0.2) is 38.8 Å². The van der Waals surface area contributed by atoms with E-state index in [-0.39, 0.29) is 18.1 Å². The first kappa shape index (κ1) is 26.0. The summed E-state index contributed by atoms with van der Waals surface area (Å²) < 4.78 is 31.6. The average Bonchev–Trinajstić information content (AvgIpc) is 3.58. The van der Waals surface area contributed by atoms with Crippen molar-refractivity contribution in [1.29, 1.82) is 0 Å². The van der Waals surface area contributed by atoms with E-state index in [0.717, 1.165) is 5.56 Å². The summed E-state index contributed by atoms with van der Waals surface area (Å²) in [4.78, 5) is 21.1. The van der Waals surface area contributed by atoms with Gasteiger partial charge in [0.25, 0.3) is 5.91 Å². The normalized spacial score (nSPS) is 12.9. The first-order chi connectivity index (χ1) is 17.8. The van der Waals surface area contributed by atoms with Gasteiger partial charge in [0.15, 0.2) is 6.10 Å². The van der Waals surface area contributed by atoms with Gasteiger partial charge in [-0.2, -0.15) is 4.98 Å².